The maximum absolute atomic E-state index is 9.17. The predicted molar refractivity (Wildman–Crippen MR) is 66.8 cm³/mol. The summed E-state index contributed by atoms with van der Waals surface area (Å²) in [6.45, 7) is 3.94. The molecule has 4 heteroatoms. The zero-order valence-electron chi connectivity index (χ0n) is 10.4. The van der Waals surface area contributed by atoms with Gasteiger partial charge in [-0.15, -0.1) is 0 Å². The summed E-state index contributed by atoms with van der Waals surface area (Å²) in [5.74, 6) is 0.670. The van der Waals surface area contributed by atoms with E-state index in [4.69, 9.17) is 15.7 Å². The second-order valence-electron chi connectivity index (χ2n) is 4.88. The molecular formula is C13H19N3O. The first-order valence-electron chi connectivity index (χ1n) is 6.21. The van der Waals surface area contributed by atoms with E-state index in [2.05, 4.69) is 6.07 Å². The summed E-state index contributed by atoms with van der Waals surface area (Å²) in [5.41, 5.74) is 7.12. The van der Waals surface area contributed by atoms with Gasteiger partial charge in [-0.25, -0.2) is 0 Å². The maximum Gasteiger partial charge on any atom is 0.218 e. The van der Waals surface area contributed by atoms with Crippen LogP contribution in [0, 0.1) is 11.3 Å². The molecule has 1 saturated carbocycles. The topological polar surface area (TPSA) is 64.0 Å². The minimum atomic E-state index is 0.0684. The molecule has 1 heterocycles. The van der Waals surface area contributed by atoms with Gasteiger partial charge in [0.25, 0.3) is 0 Å². The Hall–Kier alpha value is -1.63. The van der Waals surface area contributed by atoms with Crippen LogP contribution in [0.1, 0.15) is 51.3 Å². The summed E-state index contributed by atoms with van der Waals surface area (Å²) in [5, 5.41) is 9.17. The van der Waals surface area contributed by atoms with E-state index in [-0.39, 0.29) is 6.10 Å². The minimum Gasteiger partial charge on any atom is -0.475 e. The number of hydrogen-bond acceptors (Lipinski definition) is 3. The van der Waals surface area contributed by atoms with E-state index < -0.39 is 0 Å². The van der Waals surface area contributed by atoms with Crippen molar-refractivity contribution in [3.05, 3.63) is 11.8 Å². The smallest absolute Gasteiger partial charge is 0.218 e. The number of nitrogen functional groups attached to an aromatic ring is 1. The number of nitriles is 1. The van der Waals surface area contributed by atoms with Crippen LogP contribution in [-0.4, -0.2) is 10.7 Å². The molecule has 1 fully saturated rings. The van der Waals surface area contributed by atoms with Gasteiger partial charge in [-0.1, -0.05) is 12.8 Å². The van der Waals surface area contributed by atoms with Gasteiger partial charge in [0.2, 0.25) is 5.88 Å². The Kier molecular flexibility index (Phi) is 3.28. The molecule has 1 aliphatic rings. The molecule has 92 valence electrons. The number of hydrogen-bond donors (Lipinski definition) is 1. The zero-order valence-corrected chi connectivity index (χ0v) is 10.4. The zero-order chi connectivity index (χ0) is 12.4. The SMILES string of the molecule is CC(C)Oc1c(N)cc(C#N)n1C1CCCC1. The van der Waals surface area contributed by atoms with Gasteiger partial charge in [-0.3, -0.25) is 4.57 Å². The van der Waals surface area contributed by atoms with Gasteiger partial charge >= 0.3 is 0 Å². The maximum atomic E-state index is 9.17. The van der Waals surface area contributed by atoms with E-state index in [1.165, 1.54) is 12.8 Å². The van der Waals surface area contributed by atoms with Gasteiger partial charge < -0.3 is 10.5 Å². The van der Waals surface area contributed by atoms with Crippen molar-refractivity contribution in [1.82, 2.24) is 4.57 Å². The fourth-order valence-electron chi connectivity index (χ4n) is 2.49. The Morgan fingerprint density at radius 1 is 1.47 bits per heavy atom. The Balaban J connectivity index is 2.41. The van der Waals surface area contributed by atoms with Crippen LogP contribution < -0.4 is 10.5 Å². The summed E-state index contributed by atoms with van der Waals surface area (Å²) < 4.78 is 7.75. The Labute approximate surface area is 102 Å². The van der Waals surface area contributed by atoms with Crippen molar-refractivity contribution in [2.75, 3.05) is 5.73 Å². The molecule has 1 aromatic heterocycles. The molecule has 0 aliphatic heterocycles. The van der Waals surface area contributed by atoms with Gasteiger partial charge in [0.05, 0.1) is 11.8 Å². The van der Waals surface area contributed by atoms with Crippen LogP contribution in [0.2, 0.25) is 0 Å². The normalized spacial score (nSPS) is 16.4. The van der Waals surface area contributed by atoms with Crippen LogP contribution in [0.25, 0.3) is 0 Å². The molecule has 1 aromatic rings. The Bertz CT molecular complexity index is 436. The standard InChI is InChI=1S/C13H19N3O/c1-9(2)17-13-12(15)7-11(8-14)16(13)10-5-3-4-6-10/h7,9-10H,3-6,15H2,1-2H3. The quantitative estimate of drug-likeness (QED) is 0.873. The van der Waals surface area contributed by atoms with E-state index in [9.17, 15) is 0 Å². The highest BCUT2D eigenvalue weighted by atomic mass is 16.5. The number of anilines is 1. The molecular weight excluding hydrogens is 214 g/mol. The molecule has 1 aliphatic carbocycles. The lowest BCUT2D eigenvalue weighted by atomic mass is 10.2. The largest absolute Gasteiger partial charge is 0.475 e. The first-order valence-corrected chi connectivity index (χ1v) is 6.21. The lowest BCUT2D eigenvalue weighted by Gasteiger charge is -2.19. The number of rotatable bonds is 3. The molecule has 0 spiro atoms. The Morgan fingerprint density at radius 3 is 2.65 bits per heavy atom. The molecule has 2 N–H and O–H groups in total. The van der Waals surface area contributed by atoms with Gasteiger partial charge in [0, 0.05) is 12.1 Å². The van der Waals surface area contributed by atoms with Crippen molar-refractivity contribution in [3.8, 4) is 11.9 Å². The summed E-state index contributed by atoms with van der Waals surface area (Å²) in [7, 11) is 0. The Morgan fingerprint density at radius 2 is 2.12 bits per heavy atom. The molecule has 0 aromatic carbocycles. The second kappa shape index (κ2) is 4.70. The summed E-state index contributed by atoms with van der Waals surface area (Å²) in [4.78, 5) is 0. The van der Waals surface area contributed by atoms with Crippen molar-refractivity contribution < 1.29 is 4.74 Å². The number of nitrogens with two attached hydrogens (primary N) is 1. The van der Waals surface area contributed by atoms with E-state index >= 15 is 0 Å². The predicted octanol–water partition coefficient (Wildman–Crippen LogP) is 2.84. The van der Waals surface area contributed by atoms with Crippen molar-refractivity contribution >= 4 is 5.69 Å². The van der Waals surface area contributed by atoms with E-state index in [0.29, 0.717) is 23.3 Å². The minimum absolute atomic E-state index is 0.0684. The average molecular weight is 233 g/mol. The average Bonchev–Trinajstić information content (AvgIpc) is 2.87. The van der Waals surface area contributed by atoms with Crippen molar-refractivity contribution in [2.45, 2.75) is 51.7 Å². The lowest BCUT2D eigenvalue weighted by molar-refractivity contribution is 0.216. The van der Waals surface area contributed by atoms with Crippen molar-refractivity contribution in [1.29, 1.82) is 5.26 Å². The van der Waals surface area contributed by atoms with Gasteiger partial charge in [0.1, 0.15) is 11.8 Å². The van der Waals surface area contributed by atoms with Gasteiger partial charge in [-0.05, 0) is 26.7 Å². The summed E-state index contributed by atoms with van der Waals surface area (Å²) in [6.07, 6.45) is 4.72. The van der Waals surface area contributed by atoms with Crippen LogP contribution in [0.4, 0.5) is 5.69 Å². The highest BCUT2D eigenvalue weighted by molar-refractivity contribution is 5.55. The third kappa shape index (κ3) is 2.23. The molecule has 17 heavy (non-hydrogen) atoms. The van der Waals surface area contributed by atoms with Crippen LogP contribution >= 0.6 is 0 Å². The highest BCUT2D eigenvalue weighted by Gasteiger charge is 2.25. The third-order valence-corrected chi connectivity index (χ3v) is 3.17. The van der Waals surface area contributed by atoms with Crippen LogP contribution in [0.15, 0.2) is 6.07 Å². The van der Waals surface area contributed by atoms with E-state index in [1.54, 1.807) is 6.07 Å². The molecule has 0 radical (unpaired) electrons. The molecule has 2 rings (SSSR count). The van der Waals surface area contributed by atoms with Crippen molar-refractivity contribution in [2.24, 2.45) is 0 Å². The molecule has 0 saturated heterocycles. The second-order valence-corrected chi connectivity index (χ2v) is 4.88. The summed E-state index contributed by atoms with van der Waals surface area (Å²) in [6, 6.07) is 4.30. The van der Waals surface area contributed by atoms with Crippen LogP contribution in [-0.2, 0) is 0 Å². The third-order valence-electron chi connectivity index (χ3n) is 3.17. The van der Waals surface area contributed by atoms with Crippen LogP contribution in [0.3, 0.4) is 0 Å². The van der Waals surface area contributed by atoms with E-state index in [0.717, 1.165) is 12.8 Å². The monoisotopic (exact) mass is 233 g/mol. The van der Waals surface area contributed by atoms with E-state index in [1.807, 2.05) is 18.4 Å². The number of nitrogens with zero attached hydrogens (tertiary/aromatic N) is 2. The fraction of sp³-hybridized carbons (Fsp3) is 0.615. The van der Waals surface area contributed by atoms with Crippen molar-refractivity contribution in [3.63, 3.8) is 0 Å². The first-order chi connectivity index (χ1) is 8.13. The fourth-order valence-corrected chi connectivity index (χ4v) is 2.49. The molecule has 0 bridgehead atoms. The number of ether oxygens (including phenoxy) is 1. The van der Waals surface area contributed by atoms with Gasteiger partial charge in [0.15, 0.2) is 0 Å². The number of aromatic nitrogens is 1. The molecule has 0 amide bonds. The molecule has 0 unspecified atom stereocenters. The highest BCUT2D eigenvalue weighted by Crippen LogP contribution is 2.38. The van der Waals surface area contributed by atoms with Crippen LogP contribution in [0.5, 0.6) is 5.88 Å². The summed E-state index contributed by atoms with van der Waals surface area (Å²) >= 11 is 0. The van der Waals surface area contributed by atoms with Gasteiger partial charge in [-0.2, -0.15) is 5.26 Å². The lowest BCUT2D eigenvalue weighted by Crippen LogP contribution is -2.14. The molecule has 0 atom stereocenters. The first kappa shape index (κ1) is 11.8. The molecule has 4 nitrogen and oxygen atoms in total.